The van der Waals surface area contributed by atoms with E-state index >= 15 is 0 Å². The molecule has 0 saturated carbocycles. The van der Waals surface area contributed by atoms with Gasteiger partial charge >= 0.3 is 5.97 Å². The fourth-order valence-corrected chi connectivity index (χ4v) is 3.20. The highest BCUT2D eigenvalue weighted by Gasteiger charge is 2.33. The highest BCUT2D eigenvalue weighted by atomic mass is 35.5. The van der Waals surface area contributed by atoms with Gasteiger partial charge in [-0.2, -0.15) is 0 Å². The summed E-state index contributed by atoms with van der Waals surface area (Å²) in [6.07, 6.45) is 0.573. The second-order valence-corrected chi connectivity index (χ2v) is 6.61. The number of carboxylic acid groups (broad SMARTS) is 1. The largest absolute Gasteiger partial charge is 0.481 e. The molecule has 2 aromatic rings. The van der Waals surface area contributed by atoms with E-state index in [0.717, 1.165) is 5.56 Å². The summed E-state index contributed by atoms with van der Waals surface area (Å²) in [5.41, 5.74) is 1.27. The van der Waals surface area contributed by atoms with E-state index in [-0.39, 0.29) is 24.1 Å². The van der Waals surface area contributed by atoms with Crippen LogP contribution in [0.4, 0.5) is 0 Å². The Labute approximate surface area is 144 Å². The van der Waals surface area contributed by atoms with Crippen LogP contribution >= 0.6 is 11.6 Å². The van der Waals surface area contributed by atoms with Crippen LogP contribution in [0.25, 0.3) is 11.3 Å². The molecule has 0 bridgehead atoms. The van der Waals surface area contributed by atoms with Crippen LogP contribution in [0.2, 0.25) is 5.02 Å². The summed E-state index contributed by atoms with van der Waals surface area (Å²) >= 11 is 5.96. The molecule has 24 heavy (non-hydrogen) atoms. The highest BCUT2D eigenvalue weighted by Crippen LogP contribution is 2.26. The summed E-state index contributed by atoms with van der Waals surface area (Å²) in [6, 6.07) is 8.65. The number of aliphatic carboxylic acids is 1. The van der Waals surface area contributed by atoms with Gasteiger partial charge in [-0.25, -0.2) is 0 Å². The first-order chi connectivity index (χ1) is 11.4. The number of rotatable bonds is 3. The first-order valence-electron chi connectivity index (χ1n) is 7.68. The van der Waals surface area contributed by atoms with Crippen molar-refractivity contribution in [2.45, 2.75) is 13.3 Å². The van der Waals surface area contributed by atoms with Crippen molar-refractivity contribution in [3.05, 3.63) is 41.1 Å². The Hall–Kier alpha value is -2.34. The van der Waals surface area contributed by atoms with Gasteiger partial charge in [0.1, 0.15) is 5.69 Å². The summed E-state index contributed by atoms with van der Waals surface area (Å²) in [5, 5.41) is 13.7. The number of benzene rings is 1. The van der Waals surface area contributed by atoms with Crippen molar-refractivity contribution in [3.8, 4) is 11.3 Å². The average Bonchev–Trinajstić information content (AvgIpc) is 3.03. The number of halogens is 1. The zero-order chi connectivity index (χ0) is 17.3. The average molecular weight is 349 g/mol. The van der Waals surface area contributed by atoms with E-state index in [1.165, 1.54) is 4.90 Å². The van der Waals surface area contributed by atoms with Crippen molar-refractivity contribution in [1.29, 1.82) is 0 Å². The molecule has 1 aliphatic rings. The van der Waals surface area contributed by atoms with Gasteiger partial charge in [-0.15, -0.1) is 0 Å². The summed E-state index contributed by atoms with van der Waals surface area (Å²) in [6.45, 7) is 2.63. The molecule has 0 aliphatic carbocycles. The van der Waals surface area contributed by atoms with Crippen LogP contribution in [0, 0.1) is 11.8 Å². The van der Waals surface area contributed by atoms with Crippen LogP contribution in [0.1, 0.15) is 23.9 Å². The van der Waals surface area contributed by atoms with Gasteiger partial charge in [0, 0.05) is 29.7 Å². The molecule has 3 rings (SSSR count). The Bertz CT molecular complexity index is 773. The minimum Gasteiger partial charge on any atom is -0.481 e. The van der Waals surface area contributed by atoms with Gasteiger partial charge in [0.2, 0.25) is 5.76 Å². The summed E-state index contributed by atoms with van der Waals surface area (Å²) < 4.78 is 5.17. The molecule has 2 atom stereocenters. The number of likely N-dealkylation sites (tertiary alicyclic amines) is 1. The van der Waals surface area contributed by atoms with Crippen LogP contribution in [0.5, 0.6) is 0 Å². The topological polar surface area (TPSA) is 83.6 Å². The SMILES string of the molecule is CC1CC(C(=O)O)CN(C(=O)c2cc(-c3cccc(Cl)c3)no2)C1. The second-order valence-electron chi connectivity index (χ2n) is 6.17. The zero-order valence-corrected chi connectivity index (χ0v) is 13.9. The Morgan fingerprint density at radius 2 is 2.12 bits per heavy atom. The number of amides is 1. The molecule has 1 aromatic carbocycles. The number of carboxylic acids is 1. The quantitative estimate of drug-likeness (QED) is 0.921. The molecule has 1 saturated heterocycles. The van der Waals surface area contributed by atoms with Crippen molar-refractivity contribution in [1.82, 2.24) is 10.1 Å². The standard InChI is InChI=1S/C17H17ClN2O4/c1-10-5-12(17(22)23)9-20(8-10)16(21)15-7-14(19-24-15)11-3-2-4-13(18)6-11/h2-4,6-7,10,12H,5,8-9H2,1H3,(H,22,23). The minimum absolute atomic E-state index is 0.100. The third-order valence-electron chi connectivity index (χ3n) is 4.14. The molecular weight excluding hydrogens is 332 g/mol. The molecule has 2 unspecified atom stereocenters. The molecule has 1 aromatic heterocycles. The van der Waals surface area contributed by atoms with Crippen molar-refractivity contribution in [2.24, 2.45) is 11.8 Å². The smallest absolute Gasteiger partial charge is 0.308 e. The van der Waals surface area contributed by atoms with Gasteiger partial charge in [-0.1, -0.05) is 35.8 Å². The molecule has 1 N–H and O–H groups in total. The molecule has 126 valence electrons. The van der Waals surface area contributed by atoms with Crippen LogP contribution in [-0.4, -0.2) is 40.1 Å². The Morgan fingerprint density at radius 3 is 2.83 bits per heavy atom. The lowest BCUT2D eigenvalue weighted by atomic mass is 9.90. The molecular formula is C17H17ClN2O4. The fraction of sp³-hybridized carbons (Fsp3) is 0.353. The minimum atomic E-state index is -0.878. The first-order valence-corrected chi connectivity index (χ1v) is 8.06. The van der Waals surface area contributed by atoms with E-state index in [1.54, 1.807) is 24.3 Å². The first kappa shape index (κ1) is 16.5. The lowest BCUT2D eigenvalue weighted by Crippen LogP contribution is -2.45. The second kappa shape index (κ2) is 6.65. The Morgan fingerprint density at radius 1 is 1.33 bits per heavy atom. The van der Waals surface area contributed by atoms with E-state index in [4.69, 9.17) is 16.1 Å². The molecule has 7 heteroatoms. The fourth-order valence-electron chi connectivity index (χ4n) is 3.01. The maximum atomic E-state index is 12.6. The monoisotopic (exact) mass is 348 g/mol. The third-order valence-corrected chi connectivity index (χ3v) is 4.37. The number of nitrogens with zero attached hydrogens (tertiary/aromatic N) is 2. The number of piperidine rings is 1. The maximum Gasteiger partial charge on any atom is 0.308 e. The predicted molar refractivity (Wildman–Crippen MR) is 87.8 cm³/mol. The number of carbonyl (C=O) groups is 2. The Kier molecular flexibility index (Phi) is 4.57. The van der Waals surface area contributed by atoms with Gasteiger partial charge in [0.25, 0.3) is 5.91 Å². The third kappa shape index (κ3) is 3.43. The van der Waals surface area contributed by atoms with Crippen LogP contribution in [0.3, 0.4) is 0 Å². The van der Waals surface area contributed by atoms with Crippen LogP contribution < -0.4 is 0 Å². The molecule has 0 radical (unpaired) electrons. The maximum absolute atomic E-state index is 12.6. The predicted octanol–water partition coefficient (Wildman–Crippen LogP) is 3.18. The van der Waals surface area contributed by atoms with E-state index in [1.807, 2.05) is 13.0 Å². The summed E-state index contributed by atoms with van der Waals surface area (Å²) in [4.78, 5) is 25.4. The van der Waals surface area contributed by atoms with Gasteiger partial charge < -0.3 is 14.5 Å². The number of aromatic nitrogens is 1. The molecule has 1 fully saturated rings. The van der Waals surface area contributed by atoms with Crippen molar-refractivity contribution >= 4 is 23.5 Å². The van der Waals surface area contributed by atoms with Gasteiger partial charge in [-0.3, -0.25) is 9.59 Å². The van der Waals surface area contributed by atoms with Crippen molar-refractivity contribution in [3.63, 3.8) is 0 Å². The van der Waals surface area contributed by atoms with Crippen LogP contribution in [-0.2, 0) is 4.79 Å². The van der Waals surface area contributed by atoms with E-state index in [0.29, 0.717) is 23.7 Å². The van der Waals surface area contributed by atoms with E-state index in [2.05, 4.69) is 5.16 Å². The van der Waals surface area contributed by atoms with E-state index < -0.39 is 11.9 Å². The number of hydrogen-bond acceptors (Lipinski definition) is 4. The molecule has 1 amide bonds. The van der Waals surface area contributed by atoms with Gasteiger partial charge in [0.15, 0.2) is 0 Å². The van der Waals surface area contributed by atoms with Crippen molar-refractivity contribution < 1.29 is 19.2 Å². The van der Waals surface area contributed by atoms with E-state index in [9.17, 15) is 14.7 Å². The Balaban J connectivity index is 1.79. The lowest BCUT2D eigenvalue weighted by Gasteiger charge is -2.33. The highest BCUT2D eigenvalue weighted by molar-refractivity contribution is 6.30. The summed E-state index contributed by atoms with van der Waals surface area (Å²) in [7, 11) is 0. The van der Waals surface area contributed by atoms with Gasteiger partial charge in [0.05, 0.1) is 5.92 Å². The number of carbonyl (C=O) groups excluding carboxylic acids is 1. The van der Waals surface area contributed by atoms with Gasteiger partial charge in [-0.05, 0) is 24.5 Å². The van der Waals surface area contributed by atoms with Crippen LogP contribution in [0.15, 0.2) is 34.9 Å². The molecule has 1 aliphatic heterocycles. The number of hydrogen-bond donors (Lipinski definition) is 1. The summed E-state index contributed by atoms with van der Waals surface area (Å²) in [5.74, 6) is -1.54. The molecule has 0 spiro atoms. The lowest BCUT2D eigenvalue weighted by molar-refractivity contribution is -0.143. The zero-order valence-electron chi connectivity index (χ0n) is 13.1. The molecule has 2 heterocycles. The van der Waals surface area contributed by atoms with Crippen molar-refractivity contribution in [2.75, 3.05) is 13.1 Å². The normalized spacial score (nSPS) is 20.8. The molecule has 6 nitrogen and oxygen atoms in total.